The van der Waals surface area contributed by atoms with Gasteiger partial charge in [-0.05, 0) is 45.1 Å². The van der Waals surface area contributed by atoms with Gasteiger partial charge in [-0.1, -0.05) is 24.4 Å². The summed E-state index contributed by atoms with van der Waals surface area (Å²) in [7, 11) is 0.246. The van der Waals surface area contributed by atoms with E-state index in [1.54, 1.807) is 31.3 Å². The topological polar surface area (TPSA) is 66.6 Å². The lowest BCUT2D eigenvalue weighted by Gasteiger charge is -2.34. The number of benzene rings is 1. The fraction of sp³-hybridized carbons (Fsp3) is 0.500. The van der Waals surface area contributed by atoms with Crippen LogP contribution in [0.15, 0.2) is 29.2 Å². The minimum atomic E-state index is -3.47. The van der Waals surface area contributed by atoms with Gasteiger partial charge in [-0.3, -0.25) is 0 Å². The van der Waals surface area contributed by atoms with E-state index in [1.165, 1.54) is 4.31 Å². The second-order valence-electron chi connectivity index (χ2n) is 5.44. The fourth-order valence-corrected chi connectivity index (χ4v) is 4.06. The smallest absolute Gasteiger partial charge is 0.243 e. The van der Waals surface area contributed by atoms with Crippen molar-refractivity contribution in [2.45, 2.75) is 23.8 Å². The normalized spacial score (nSPS) is 18.0. The summed E-state index contributed by atoms with van der Waals surface area (Å²) in [5.74, 6) is 0. The summed E-state index contributed by atoms with van der Waals surface area (Å²) in [6, 6.07) is 6.49. The van der Waals surface area contributed by atoms with E-state index < -0.39 is 10.0 Å². The third-order valence-corrected chi connectivity index (χ3v) is 6.18. The second-order valence-corrected chi connectivity index (χ2v) is 7.88. The highest BCUT2D eigenvalue weighted by Crippen LogP contribution is 2.22. The molecule has 0 aliphatic carbocycles. The average molecular weight is 327 g/mol. The van der Waals surface area contributed by atoms with Crippen molar-refractivity contribution >= 4 is 27.2 Å². The van der Waals surface area contributed by atoms with Crippen molar-refractivity contribution in [3.63, 3.8) is 0 Å². The molecule has 2 rings (SSSR count). The number of nitrogens with zero attached hydrogens (tertiary/aromatic N) is 2. The Morgan fingerprint density at radius 3 is 2.29 bits per heavy atom. The molecule has 0 amide bonds. The van der Waals surface area contributed by atoms with Crippen LogP contribution in [0, 0.1) is 0 Å². The van der Waals surface area contributed by atoms with Crippen molar-refractivity contribution in [1.82, 2.24) is 9.21 Å². The molecule has 116 valence electrons. The highest BCUT2D eigenvalue weighted by molar-refractivity contribution is 7.89. The van der Waals surface area contributed by atoms with Gasteiger partial charge in [0.05, 0.1) is 4.90 Å². The second kappa shape index (κ2) is 6.39. The minimum Gasteiger partial charge on any atom is -0.389 e. The number of hydrogen-bond acceptors (Lipinski definition) is 4. The van der Waals surface area contributed by atoms with E-state index >= 15 is 0 Å². The first kappa shape index (κ1) is 16.4. The van der Waals surface area contributed by atoms with Crippen LogP contribution in [-0.4, -0.2) is 55.8 Å². The SMILES string of the molecule is CN1CCC(N(C)S(=O)(=O)c2ccc(C(N)=S)cc2)CC1. The first-order valence-electron chi connectivity index (χ1n) is 6.89. The van der Waals surface area contributed by atoms with E-state index in [0.29, 0.717) is 5.56 Å². The Labute approximate surface area is 131 Å². The summed E-state index contributed by atoms with van der Waals surface area (Å²) in [4.78, 5) is 2.76. The number of rotatable bonds is 4. The van der Waals surface area contributed by atoms with E-state index in [2.05, 4.69) is 11.9 Å². The van der Waals surface area contributed by atoms with E-state index in [0.717, 1.165) is 25.9 Å². The van der Waals surface area contributed by atoms with Crippen LogP contribution in [-0.2, 0) is 10.0 Å². The third kappa shape index (κ3) is 3.60. The van der Waals surface area contributed by atoms with Crippen LogP contribution in [0.3, 0.4) is 0 Å². The molecule has 0 bridgehead atoms. The van der Waals surface area contributed by atoms with E-state index in [4.69, 9.17) is 18.0 Å². The molecule has 5 nitrogen and oxygen atoms in total. The van der Waals surface area contributed by atoms with E-state index in [9.17, 15) is 8.42 Å². The number of nitrogens with two attached hydrogens (primary N) is 1. The quantitative estimate of drug-likeness (QED) is 0.837. The summed E-state index contributed by atoms with van der Waals surface area (Å²) in [6.45, 7) is 1.84. The predicted octanol–water partition coefficient (Wildman–Crippen LogP) is 1.04. The third-order valence-electron chi connectivity index (χ3n) is 4.02. The Bertz CT molecular complexity index is 606. The monoisotopic (exact) mass is 327 g/mol. The Kier molecular flexibility index (Phi) is 4.98. The molecule has 1 aromatic carbocycles. The first-order chi connectivity index (χ1) is 9.82. The van der Waals surface area contributed by atoms with Gasteiger partial charge >= 0.3 is 0 Å². The molecule has 1 heterocycles. The van der Waals surface area contributed by atoms with Gasteiger partial charge in [0.2, 0.25) is 10.0 Å². The molecular formula is C14H21N3O2S2. The van der Waals surface area contributed by atoms with Crippen molar-refractivity contribution in [2.75, 3.05) is 27.2 Å². The molecule has 0 spiro atoms. The summed E-state index contributed by atoms with van der Waals surface area (Å²) < 4.78 is 26.8. The molecular weight excluding hydrogens is 306 g/mol. The Hall–Kier alpha value is -1.02. The molecule has 0 atom stereocenters. The van der Waals surface area contributed by atoms with Crippen molar-refractivity contribution < 1.29 is 8.42 Å². The fourth-order valence-electron chi connectivity index (χ4n) is 2.51. The van der Waals surface area contributed by atoms with Gasteiger partial charge in [-0.25, -0.2) is 8.42 Å². The van der Waals surface area contributed by atoms with Gasteiger partial charge < -0.3 is 10.6 Å². The van der Waals surface area contributed by atoms with Crippen molar-refractivity contribution in [2.24, 2.45) is 5.73 Å². The predicted molar refractivity (Wildman–Crippen MR) is 87.8 cm³/mol. The van der Waals surface area contributed by atoms with Gasteiger partial charge in [-0.2, -0.15) is 4.31 Å². The minimum absolute atomic E-state index is 0.0569. The Balaban J connectivity index is 2.18. The highest BCUT2D eigenvalue weighted by Gasteiger charge is 2.30. The molecule has 0 radical (unpaired) electrons. The molecule has 0 saturated carbocycles. The van der Waals surface area contributed by atoms with Crippen molar-refractivity contribution in [3.8, 4) is 0 Å². The van der Waals surface area contributed by atoms with Crippen LogP contribution >= 0.6 is 12.2 Å². The van der Waals surface area contributed by atoms with Crippen LogP contribution in [0.4, 0.5) is 0 Å². The molecule has 21 heavy (non-hydrogen) atoms. The van der Waals surface area contributed by atoms with Gasteiger partial charge in [0.1, 0.15) is 4.99 Å². The lowest BCUT2D eigenvalue weighted by atomic mass is 10.1. The lowest BCUT2D eigenvalue weighted by molar-refractivity contribution is 0.197. The van der Waals surface area contributed by atoms with Crippen molar-refractivity contribution in [1.29, 1.82) is 0 Å². The summed E-state index contributed by atoms with van der Waals surface area (Å²) in [5, 5.41) is 0. The van der Waals surface area contributed by atoms with Gasteiger partial charge in [0.15, 0.2) is 0 Å². The lowest BCUT2D eigenvalue weighted by Crippen LogP contribution is -2.44. The number of sulfonamides is 1. The summed E-state index contributed by atoms with van der Waals surface area (Å²) >= 11 is 4.88. The van der Waals surface area contributed by atoms with E-state index in [-0.39, 0.29) is 15.9 Å². The molecule has 1 aliphatic heterocycles. The van der Waals surface area contributed by atoms with Crippen LogP contribution in [0.1, 0.15) is 18.4 Å². The number of likely N-dealkylation sites (tertiary alicyclic amines) is 1. The maximum Gasteiger partial charge on any atom is 0.243 e. The van der Waals surface area contributed by atoms with E-state index in [1.807, 2.05) is 0 Å². The van der Waals surface area contributed by atoms with Crippen LogP contribution < -0.4 is 5.73 Å². The number of hydrogen-bond donors (Lipinski definition) is 1. The van der Waals surface area contributed by atoms with Crippen molar-refractivity contribution in [3.05, 3.63) is 29.8 Å². The van der Waals surface area contributed by atoms with Gasteiger partial charge in [0.25, 0.3) is 0 Å². The zero-order valence-corrected chi connectivity index (χ0v) is 14.0. The van der Waals surface area contributed by atoms with Crippen LogP contribution in [0.25, 0.3) is 0 Å². The molecule has 1 fully saturated rings. The first-order valence-corrected chi connectivity index (χ1v) is 8.73. The largest absolute Gasteiger partial charge is 0.389 e. The molecule has 2 N–H and O–H groups in total. The zero-order chi connectivity index (χ0) is 15.6. The molecule has 1 aliphatic rings. The summed E-state index contributed by atoms with van der Waals surface area (Å²) in [5.41, 5.74) is 6.20. The average Bonchev–Trinajstić information content (AvgIpc) is 2.47. The molecule has 0 unspecified atom stereocenters. The highest BCUT2D eigenvalue weighted by atomic mass is 32.2. The number of piperidine rings is 1. The molecule has 0 aromatic heterocycles. The molecule has 1 aromatic rings. The maximum absolute atomic E-state index is 12.6. The Morgan fingerprint density at radius 2 is 1.81 bits per heavy atom. The molecule has 1 saturated heterocycles. The van der Waals surface area contributed by atoms with Gasteiger partial charge in [0, 0.05) is 18.7 Å². The Morgan fingerprint density at radius 1 is 1.29 bits per heavy atom. The zero-order valence-electron chi connectivity index (χ0n) is 12.3. The molecule has 7 heteroatoms. The van der Waals surface area contributed by atoms with Crippen LogP contribution in [0.5, 0.6) is 0 Å². The van der Waals surface area contributed by atoms with Gasteiger partial charge in [-0.15, -0.1) is 0 Å². The standard InChI is InChI=1S/C14H21N3O2S2/c1-16-9-7-12(8-10-16)17(2)21(18,19)13-5-3-11(4-6-13)14(15)20/h3-6,12H,7-10H2,1-2H3,(H2,15,20). The summed E-state index contributed by atoms with van der Waals surface area (Å²) in [6.07, 6.45) is 1.72. The maximum atomic E-state index is 12.6. The van der Waals surface area contributed by atoms with Crippen LogP contribution in [0.2, 0.25) is 0 Å². The number of thiocarbonyl (C=S) groups is 1.